The van der Waals surface area contributed by atoms with Gasteiger partial charge in [-0.3, -0.25) is 9.69 Å². The summed E-state index contributed by atoms with van der Waals surface area (Å²) in [5, 5.41) is 9.18. The lowest BCUT2D eigenvalue weighted by atomic mass is 9.98. The molecule has 0 radical (unpaired) electrons. The summed E-state index contributed by atoms with van der Waals surface area (Å²) < 4.78 is 0. The number of nitrogens with zero attached hydrogens (tertiary/aromatic N) is 1. The first kappa shape index (κ1) is 13.7. The zero-order valence-electron chi connectivity index (χ0n) is 11.0. The average Bonchev–Trinajstić information content (AvgIpc) is 2.29. The van der Waals surface area contributed by atoms with Gasteiger partial charge in [-0.05, 0) is 39.8 Å². The van der Waals surface area contributed by atoms with Gasteiger partial charge in [0.05, 0.1) is 0 Å². The lowest BCUT2D eigenvalue weighted by Gasteiger charge is -2.36. The molecule has 0 bridgehead atoms. The molecule has 1 N–H and O–H groups in total. The SMILES string of the molecule is CC(Cc1ccccc1)N(C)C(C)(C)C(=O)O. The highest BCUT2D eigenvalue weighted by Gasteiger charge is 2.34. The summed E-state index contributed by atoms with van der Waals surface area (Å²) >= 11 is 0. The molecule has 1 aromatic carbocycles. The van der Waals surface area contributed by atoms with E-state index in [4.69, 9.17) is 0 Å². The zero-order chi connectivity index (χ0) is 13.1. The Balaban J connectivity index is 2.71. The smallest absolute Gasteiger partial charge is 0.323 e. The van der Waals surface area contributed by atoms with Crippen molar-refractivity contribution < 1.29 is 9.90 Å². The highest BCUT2D eigenvalue weighted by molar-refractivity contribution is 5.77. The molecule has 0 saturated carbocycles. The van der Waals surface area contributed by atoms with Crippen LogP contribution in [0.1, 0.15) is 26.3 Å². The maximum atomic E-state index is 11.2. The Bertz CT molecular complexity index is 373. The van der Waals surface area contributed by atoms with Gasteiger partial charge in [-0.1, -0.05) is 30.3 Å². The van der Waals surface area contributed by atoms with Gasteiger partial charge in [-0.15, -0.1) is 0 Å². The van der Waals surface area contributed by atoms with Gasteiger partial charge in [0, 0.05) is 6.04 Å². The normalized spacial score (nSPS) is 13.7. The van der Waals surface area contributed by atoms with Crippen molar-refractivity contribution in [1.82, 2.24) is 4.90 Å². The molecule has 1 unspecified atom stereocenters. The predicted molar refractivity (Wildman–Crippen MR) is 69.1 cm³/mol. The Morgan fingerprint density at radius 3 is 2.35 bits per heavy atom. The predicted octanol–water partition coefficient (Wildman–Crippen LogP) is 2.41. The number of likely N-dealkylation sites (N-methyl/N-ethyl adjacent to an activating group) is 1. The van der Waals surface area contributed by atoms with Crippen LogP contribution in [0.3, 0.4) is 0 Å². The van der Waals surface area contributed by atoms with Gasteiger partial charge in [0.2, 0.25) is 0 Å². The number of carboxylic acid groups (broad SMARTS) is 1. The largest absolute Gasteiger partial charge is 0.480 e. The summed E-state index contributed by atoms with van der Waals surface area (Å²) in [7, 11) is 1.86. The van der Waals surface area contributed by atoms with E-state index in [0.29, 0.717) is 0 Å². The van der Waals surface area contributed by atoms with Crippen LogP contribution in [0, 0.1) is 0 Å². The minimum atomic E-state index is -0.839. The Morgan fingerprint density at radius 2 is 1.88 bits per heavy atom. The first-order chi connectivity index (χ1) is 7.85. The second-order valence-corrected chi connectivity index (χ2v) is 5.01. The monoisotopic (exact) mass is 235 g/mol. The summed E-state index contributed by atoms with van der Waals surface area (Å²) in [4.78, 5) is 13.1. The molecule has 1 rings (SSSR count). The van der Waals surface area contributed by atoms with Gasteiger partial charge in [-0.25, -0.2) is 0 Å². The van der Waals surface area contributed by atoms with Gasteiger partial charge >= 0.3 is 5.97 Å². The Morgan fingerprint density at radius 1 is 1.35 bits per heavy atom. The number of hydrogen-bond acceptors (Lipinski definition) is 2. The molecule has 0 amide bonds. The molecule has 0 aliphatic rings. The highest BCUT2D eigenvalue weighted by Crippen LogP contribution is 2.18. The number of carboxylic acids is 1. The maximum Gasteiger partial charge on any atom is 0.323 e. The van der Waals surface area contributed by atoms with E-state index in [1.165, 1.54) is 5.56 Å². The van der Waals surface area contributed by atoms with Crippen LogP contribution in [0.25, 0.3) is 0 Å². The molecule has 1 atom stereocenters. The molecule has 0 aliphatic carbocycles. The summed E-state index contributed by atoms with van der Waals surface area (Å²) in [6.45, 7) is 5.52. The van der Waals surface area contributed by atoms with E-state index >= 15 is 0 Å². The third kappa shape index (κ3) is 3.30. The van der Waals surface area contributed by atoms with Crippen LogP contribution >= 0.6 is 0 Å². The van der Waals surface area contributed by atoms with E-state index in [1.807, 2.05) is 30.1 Å². The molecule has 3 nitrogen and oxygen atoms in total. The van der Waals surface area contributed by atoms with Crippen molar-refractivity contribution in [2.45, 2.75) is 38.8 Å². The lowest BCUT2D eigenvalue weighted by molar-refractivity contribution is -0.149. The standard InChI is InChI=1S/C14H21NO2/c1-11(10-12-8-6-5-7-9-12)15(4)14(2,3)13(16)17/h5-9,11H,10H2,1-4H3,(H,16,17). The van der Waals surface area contributed by atoms with Crippen molar-refractivity contribution in [3.8, 4) is 0 Å². The fraction of sp³-hybridized carbons (Fsp3) is 0.500. The Labute approximate surface area is 103 Å². The molecule has 0 aromatic heterocycles. The van der Waals surface area contributed by atoms with Crippen LogP contribution in [0.4, 0.5) is 0 Å². The molecule has 0 saturated heterocycles. The summed E-state index contributed by atoms with van der Waals surface area (Å²) in [6.07, 6.45) is 0.855. The van der Waals surface area contributed by atoms with Crippen molar-refractivity contribution in [1.29, 1.82) is 0 Å². The van der Waals surface area contributed by atoms with E-state index in [-0.39, 0.29) is 6.04 Å². The first-order valence-corrected chi connectivity index (χ1v) is 5.86. The second kappa shape index (κ2) is 5.32. The molecule has 3 heteroatoms. The van der Waals surface area contributed by atoms with Crippen LogP contribution in [-0.2, 0) is 11.2 Å². The van der Waals surface area contributed by atoms with Crippen LogP contribution in [0.5, 0.6) is 0 Å². The number of rotatable bonds is 5. The average molecular weight is 235 g/mol. The van der Waals surface area contributed by atoms with E-state index in [1.54, 1.807) is 13.8 Å². The van der Waals surface area contributed by atoms with E-state index in [2.05, 4.69) is 19.1 Å². The van der Waals surface area contributed by atoms with E-state index < -0.39 is 11.5 Å². The summed E-state index contributed by atoms with van der Waals surface area (Å²) in [5.74, 6) is -0.792. The zero-order valence-corrected chi connectivity index (χ0v) is 11.0. The van der Waals surface area contributed by atoms with Crippen LogP contribution in [0.2, 0.25) is 0 Å². The summed E-state index contributed by atoms with van der Waals surface area (Å²) in [6, 6.07) is 10.3. The quantitative estimate of drug-likeness (QED) is 0.852. The van der Waals surface area contributed by atoms with Crippen molar-refractivity contribution in [3.63, 3.8) is 0 Å². The number of hydrogen-bond donors (Lipinski definition) is 1. The van der Waals surface area contributed by atoms with Gasteiger partial charge in [0.25, 0.3) is 0 Å². The molecule has 0 fully saturated rings. The molecular weight excluding hydrogens is 214 g/mol. The second-order valence-electron chi connectivity index (χ2n) is 5.01. The molecule has 0 aliphatic heterocycles. The molecule has 17 heavy (non-hydrogen) atoms. The van der Waals surface area contributed by atoms with Crippen molar-refractivity contribution in [2.75, 3.05) is 7.05 Å². The van der Waals surface area contributed by atoms with Gasteiger partial charge in [-0.2, -0.15) is 0 Å². The minimum absolute atomic E-state index is 0.184. The number of aliphatic carboxylic acids is 1. The molecule has 0 spiro atoms. The van der Waals surface area contributed by atoms with Crippen LogP contribution in [-0.4, -0.2) is 34.6 Å². The third-order valence-corrected chi connectivity index (χ3v) is 3.44. The topological polar surface area (TPSA) is 40.5 Å². The van der Waals surface area contributed by atoms with E-state index in [0.717, 1.165) is 6.42 Å². The molecule has 94 valence electrons. The fourth-order valence-electron chi connectivity index (χ4n) is 1.79. The number of benzene rings is 1. The van der Waals surface area contributed by atoms with Gasteiger partial charge in [0.1, 0.15) is 5.54 Å². The maximum absolute atomic E-state index is 11.2. The number of carbonyl (C=O) groups is 1. The molecule has 1 aromatic rings. The Hall–Kier alpha value is -1.35. The molecule has 0 heterocycles. The fourth-order valence-corrected chi connectivity index (χ4v) is 1.79. The van der Waals surface area contributed by atoms with E-state index in [9.17, 15) is 9.90 Å². The first-order valence-electron chi connectivity index (χ1n) is 5.86. The minimum Gasteiger partial charge on any atom is -0.480 e. The van der Waals surface area contributed by atoms with Crippen molar-refractivity contribution >= 4 is 5.97 Å². The van der Waals surface area contributed by atoms with Gasteiger partial charge in [0.15, 0.2) is 0 Å². The third-order valence-electron chi connectivity index (χ3n) is 3.44. The Kier molecular flexibility index (Phi) is 4.29. The van der Waals surface area contributed by atoms with Crippen LogP contribution in [0.15, 0.2) is 30.3 Å². The molecular formula is C14H21NO2. The van der Waals surface area contributed by atoms with Crippen LogP contribution < -0.4 is 0 Å². The van der Waals surface area contributed by atoms with Crippen molar-refractivity contribution in [2.24, 2.45) is 0 Å². The van der Waals surface area contributed by atoms with Crippen molar-refractivity contribution in [3.05, 3.63) is 35.9 Å². The van der Waals surface area contributed by atoms with Gasteiger partial charge < -0.3 is 5.11 Å². The lowest BCUT2D eigenvalue weighted by Crippen LogP contribution is -2.52. The summed E-state index contributed by atoms with van der Waals surface area (Å²) in [5.41, 5.74) is 0.391. The highest BCUT2D eigenvalue weighted by atomic mass is 16.4.